The van der Waals surface area contributed by atoms with E-state index in [9.17, 15) is 4.89 Å². The van der Waals surface area contributed by atoms with Crippen LogP contribution in [0.5, 0.6) is 11.5 Å². The van der Waals surface area contributed by atoms with Crippen molar-refractivity contribution in [2.75, 3.05) is 0 Å². The van der Waals surface area contributed by atoms with E-state index in [1.165, 1.54) is 11.1 Å². The van der Waals surface area contributed by atoms with Gasteiger partial charge in [-0.05, 0) is 47.6 Å². The minimum absolute atomic E-state index is 0.208. The Kier molecular flexibility index (Phi) is 8.69. The van der Waals surface area contributed by atoms with Gasteiger partial charge in [-0.15, -0.1) is 0 Å². The highest BCUT2D eigenvalue weighted by Gasteiger charge is 2.51. The van der Waals surface area contributed by atoms with Crippen molar-refractivity contribution in [2.24, 2.45) is 0 Å². The summed E-state index contributed by atoms with van der Waals surface area (Å²) in [4.78, 5) is 12.8. The summed E-state index contributed by atoms with van der Waals surface area (Å²) in [5, 5.41) is 0.649. The fourth-order valence-corrected chi connectivity index (χ4v) is 6.64. The summed E-state index contributed by atoms with van der Waals surface area (Å²) in [6.45, 7) is 30.6. The van der Waals surface area contributed by atoms with Gasteiger partial charge in [0.2, 0.25) is 5.30 Å². The van der Waals surface area contributed by atoms with Gasteiger partial charge in [-0.1, -0.05) is 137 Å². The molecule has 0 spiro atoms. The maximum Gasteiger partial charge on any atom is 0.533 e. The Morgan fingerprint density at radius 1 is 0.500 bits per heavy atom. The second-order valence-electron chi connectivity index (χ2n) is 15.4. The molecule has 0 fully saturated rings. The molecular weight excluding hydrogens is 511 g/mol. The molecule has 218 valence electrons. The van der Waals surface area contributed by atoms with Gasteiger partial charge in [0.15, 0.2) is 11.5 Å². The molecule has 0 saturated heterocycles. The molecule has 0 aromatic heterocycles. The van der Waals surface area contributed by atoms with Crippen LogP contribution in [0, 0.1) is 13.8 Å². The molecule has 3 rings (SSSR count). The first kappa shape index (κ1) is 32.2. The summed E-state index contributed by atoms with van der Waals surface area (Å²) < 4.78 is 13.9. The molecule has 3 aromatic carbocycles. The van der Waals surface area contributed by atoms with E-state index in [2.05, 4.69) is 121 Å². The van der Waals surface area contributed by atoms with Crippen molar-refractivity contribution >= 4 is 13.2 Å². The second kappa shape index (κ2) is 10.8. The maximum atomic E-state index is 12.8. The van der Waals surface area contributed by atoms with Crippen LogP contribution in [-0.2, 0) is 21.7 Å². The summed E-state index contributed by atoms with van der Waals surface area (Å²) in [6.07, 6.45) is 0. The number of aryl methyl sites for hydroxylation is 2. The average Bonchev–Trinajstić information content (AvgIpc) is 2.78. The molecule has 0 bridgehead atoms. The zero-order valence-corrected chi connectivity index (χ0v) is 28.3. The normalized spacial score (nSPS) is 13.4. The van der Waals surface area contributed by atoms with Crippen molar-refractivity contribution in [1.82, 2.24) is 0 Å². The smallest absolute Gasteiger partial charge is 0.273 e. The van der Waals surface area contributed by atoms with Gasteiger partial charge in [-0.25, -0.2) is 0 Å². The van der Waals surface area contributed by atoms with Gasteiger partial charge < -0.3 is 0 Å². The summed E-state index contributed by atoms with van der Waals surface area (Å²) in [7, 11) is -3.68. The number of hydrogen-bond acceptors (Lipinski definition) is 3. The molecule has 3 nitrogen and oxygen atoms in total. The van der Waals surface area contributed by atoms with Crippen LogP contribution in [0.1, 0.15) is 116 Å². The van der Waals surface area contributed by atoms with Crippen LogP contribution in [0.3, 0.4) is 0 Å². The molecule has 0 saturated carbocycles. The molecule has 0 heterocycles. The van der Waals surface area contributed by atoms with E-state index in [0.717, 1.165) is 22.3 Å². The third-order valence-electron chi connectivity index (χ3n) is 7.21. The molecule has 3 aromatic rings. The summed E-state index contributed by atoms with van der Waals surface area (Å²) >= 11 is 0. The second-order valence-corrected chi connectivity index (χ2v) is 17.3. The van der Waals surface area contributed by atoms with Crippen molar-refractivity contribution in [3.05, 3.63) is 88.0 Å². The third-order valence-corrected chi connectivity index (χ3v) is 9.02. The predicted molar refractivity (Wildman–Crippen MR) is 174 cm³/mol. The van der Waals surface area contributed by atoms with Gasteiger partial charge in [-0.2, -0.15) is 4.89 Å². The highest BCUT2D eigenvalue weighted by atomic mass is 31.2. The van der Waals surface area contributed by atoms with Crippen molar-refractivity contribution in [1.29, 1.82) is 0 Å². The number of rotatable bonds is 5. The van der Waals surface area contributed by atoms with Gasteiger partial charge in [0, 0.05) is 22.3 Å². The number of hydrogen-bond donors (Lipinski definition) is 1. The van der Waals surface area contributed by atoms with Gasteiger partial charge in [-0.3, -0.25) is 9.05 Å². The van der Waals surface area contributed by atoms with Crippen molar-refractivity contribution in [3.63, 3.8) is 0 Å². The maximum absolute atomic E-state index is 12.8. The van der Waals surface area contributed by atoms with Crippen molar-refractivity contribution < 1.29 is 13.9 Å². The Labute approximate surface area is 244 Å². The average molecular weight is 564 g/mol. The molecule has 0 amide bonds. The van der Waals surface area contributed by atoms with Crippen LogP contribution in [0.2, 0.25) is 0 Å². The standard InChI is InChI=1S/C36H52O3P/c1-24-20-27(33(3,4)5)31(28(21-24)34(6,7)8)38-40(37,26-18-16-15-17-19-26)39-32-29(35(9,10)11)22-25(2)23-30(32)36(12,13)14/h15-23,37H,1-14H3/q+1. The van der Waals surface area contributed by atoms with E-state index in [4.69, 9.17) is 9.05 Å². The van der Waals surface area contributed by atoms with Gasteiger partial charge in [0.25, 0.3) is 0 Å². The first-order chi connectivity index (χ1) is 18.0. The Morgan fingerprint density at radius 2 is 0.775 bits per heavy atom. The highest BCUT2D eigenvalue weighted by Crippen LogP contribution is 2.60. The third kappa shape index (κ3) is 7.10. The predicted octanol–water partition coefficient (Wildman–Crippen LogP) is 10.0. The fourth-order valence-electron chi connectivity index (χ4n) is 4.96. The van der Waals surface area contributed by atoms with E-state index in [-0.39, 0.29) is 21.7 Å². The Bertz CT molecular complexity index is 1190. The molecule has 4 heteroatoms. The van der Waals surface area contributed by atoms with E-state index >= 15 is 0 Å². The van der Waals surface area contributed by atoms with Crippen LogP contribution >= 0.6 is 7.94 Å². The highest BCUT2D eigenvalue weighted by molar-refractivity contribution is 7.69. The monoisotopic (exact) mass is 563 g/mol. The molecule has 0 aliphatic carbocycles. The van der Waals surface area contributed by atoms with Crippen LogP contribution in [0.25, 0.3) is 0 Å². The summed E-state index contributed by atoms with van der Waals surface area (Å²) in [5.41, 5.74) is 5.76. The van der Waals surface area contributed by atoms with Crippen LogP contribution in [-0.4, -0.2) is 4.89 Å². The Balaban J connectivity index is 2.40. The lowest BCUT2D eigenvalue weighted by Crippen LogP contribution is -2.27. The van der Waals surface area contributed by atoms with E-state index in [1.807, 2.05) is 30.3 Å². The van der Waals surface area contributed by atoms with Gasteiger partial charge in [0.05, 0.1) is 0 Å². The lowest BCUT2D eigenvalue weighted by atomic mass is 9.78. The zero-order chi connectivity index (χ0) is 30.5. The Hall–Kier alpha value is -2.35. The molecule has 40 heavy (non-hydrogen) atoms. The fraction of sp³-hybridized carbons (Fsp3) is 0.500. The van der Waals surface area contributed by atoms with Crippen LogP contribution in [0.4, 0.5) is 0 Å². The van der Waals surface area contributed by atoms with Gasteiger partial charge in [0.1, 0.15) is 0 Å². The van der Waals surface area contributed by atoms with Crippen LogP contribution in [0.15, 0.2) is 54.6 Å². The molecule has 0 unspecified atom stereocenters. The minimum Gasteiger partial charge on any atom is -0.273 e. The molecule has 0 aliphatic heterocycles. The quantitative estimate of drug-likeness (QED) is 0.314. The molecular formula is C36H52O3P+. The zero-order valence-electron chi connectivity index (χ0n) is 27.4. The Morgan fingerprint density at radius 3 is 1.02 bits per heavy atom. The minimum atomic E-state index is -3.68. The van der Waals surface area contributed by atoms with Crippen molar-refractivity contribution in [3.8, 4) is 11.5 Å². The SMILES string of the molecule is Cc1cc(C(C)(C)C)c(O[P+](O)(Oc2c(C(C)(C)C)cc(C)cc2C(C)(C)C)c2ccccc2)c(C(C)(C)C)c1. The van der Waals surface area contributed by atoms with Crippen LogP contribution < -0.4 is 14.4 Å². The molecule has 0 aliphatic rings. The van der Waals surface area contributed by atoms with E-state index in [0.29, 0.717) is 16.8 Å². The lowest BCUT2D eigenvalue weighted by Gasteiger charge is -2.32. The molecule has 0 atom stereocenters. The van der Waals surface area contributed by atoms with E-state index in [1.54, 1.807) is 0 Å². The van der Waals surface area contributed by atoms with Gasteiger partial charge >= 0.3 is 7.94 Å². The first-order valence-corrected chi connectivity index (χ1v) is 16.0. The van der Waals surface area contributed by atoms with E-state index < -0.39 is 7.94 Å². The number of benzene rings is 3. The molecule has 0 radical (unpaired) electrons. The lowest BCUT2D eigenvalue weighted by molar-refractivity contribution is 0.343. The first-order valence-electron chi connectivity index (χ1n) is 14.4. The molecule has 1 N–H and O–H groups in total. The summed E-state index contributed by atoms with van der Waals surface area (Å²) in [5.74, 6) is 1.43. The van der Waals surface area contributed by atoms with Crippen molar-refractivity contribution in [2.45, 2.75) is 119 Å². The summed E-state index contributed by atoms with van der Waals surface area (Å²) in [6, 6.07) is 18.4. The topological polar surface area (TPSA) is 38.7 Å². The largest absolute Gasteiger partial charge is 0.533 e.